The molecule has 0 aromatic heterocycles. The van der Waals surface area contributed by atoms with Gasteiger partial charge in [0.15, 0.2) is 0 Å². The number of rotatable bonds is 7. The summed E-state index contributed by atoms with van der Waals surface area (Å²) >= 11 is 11.5. The molecule has 1 aromatic carbocycles. The Morgan fingerprint density at radius 1 is 1.17 bits per heavy atom. The fraction of sp³-hybridized carbons (Fsp3) is 0.385. The van der Waals surface area contributed by atoms with E-state index in [1.807, 2.05) is 4.72 Å². The summed E-state index contributed by atoms with van der Waals surface area (Å²) in [4.78, 5) is 21.7. The van der Waals surface area contributed by atoms with Crippen molar-refractivity contribution in [2.75, 3.05) is 0 Å². The van der Waals surface area contributed by atoms with E-state index in [4.69, 9.17) is 33.4 Å². The van der Waals surface area contributed by atoms with Crippen LogP contribution in [-0.4, -0.2) is 36.6 Å². The number of hydrogen-bond donors (Lipinski definition) is 3. The van der Waals surface area contributed by atoms with Crippen LogP contribution in [0.25, 0.3) is 0 Å². The maximum absolute atomic E-state index is 12.3. The minimum absolute atomic E-state index is 0.0611. The number of aromatic carboxylic acids is 1. The third-order valence-corrected chi connectivity index (χ3v) is 5.09. The van der Waals surface area contributed by atoms with Crippen molar-refractivity contribution >= 4 is 45.2 Å². The van der Waals surface area contributed by atoms with Crippen LogP contribution in [0.15, 0.2) is 17.0 Å². The van der Waals surface area contributed by atoms with Crippen molar-refractivity contribution in [2.24, 2.45) is 5.92 Å². The van der Waals surface area contributed by atoms with Crippen molar-refractivity contribution < 1.29 is 28.2 Å². The molecule has 1 aromatic rings. The summed E-state index contributed by atoms with van der Waals surface area (Å²) in [6.07, 6.45) is 0.0611. The van der Waals surface area contributed by atoms with Crippen molar-refractivity contribution in [1.29, 1.82) is 0 Å². The number of hydrogen-bond acceptors (Lipinski definition) is 4. The molecule has 128 valence electrons. The van der Waals surface area contributed by atoms with Gasteiger partial charge in [-0.25, -0.2) is 13.2 Å². The number of carboxylic acid groups (broad SMARTS) is 2. The van der Waals surface area contributed by atoms with Gasteiger partial charge in [-0.05, 0) is 24.5 Å². The van der Waals surface area contributed by atoms with E-state index in [0.717, 1.165) is 12.1 Å². The van der Waals surface area contributed by atoms with Crippen LogP contribution in [0, 0.1) is 5.92 Å². The lowest BCUT2D eigenvalue weighted by molar-refractivity contribution is -0.139. The average Bonchev–Trinajstić information content (AvgIpc) is 2.35. The zero-order valence-electron chi connectivity index (χ0n) is 12.2. The van der Waals surface area contributed by atoms with Gasteiger partial charge in [-0.1, -0.05) is 37.0 Å². The highest BCUT2D eigenvalue weighted by molar-refractivity contribution is 7.89. The molecule has 0 aliphatic carbocycles. The Kier molecular flexibility index (Phi) is 6.41. The number of carbonyl (C=O) groups is 2. The van der Waals surface area contributed by atoms with E-state index >= 15 is 0 Å². The second kappa shape index (κ2) is 7.48. The Morgan fingerprint density at radius 2 is 1.74 bits per heavy atom. The van der Waals surface area contributed by atoms with Gasteiger partial charge in [-0.15, -0.1) is 0 Å². The summed E-state index contributed by atoms with van der Waals surface area (Å²) in [7, 11) is -4.34. The molecule has 0 amide bonds. The molecule has 0 radical (unpaired) electrons. The van der Waals surface area contributed by atoms with Crippen molar-refractivity contribution in [1.82, 2.24) is 4.72 Å². The standard InChI is InChI=1S/C13H15Cl2NO6S/c1-6(2)3-10(13(19)20)16-23(21,22)11-4-7(12(17)18)8(14)5-9(11)15/h4-6,10,16H,3H2,1-2H3,(H,17,18)(H,19,20)/t10-/m0/s1. The molecule has 0 saturated carbocycles. The molecule has 1 rings (SSSR count). The van der Waals surface area contributed by atoms with Crippen LogP contribution >= 0.6 is 23.2 Å². The molecule has 0 bridgehead atoms. The summed E-state index contributed by atoms with van der Waals surface area (Å²) < 4.78 is 26.7. The Hall–Kier alpha value is -1.35. The van der Waals surface area contributed by atoms with E-state index in [2.05, 4.69) is 0 Å². The first kappa shape index (κ1) is 19.7. The minimum Gasteiger partial charge on any atom is -0.480 e. The molecular formula is C13H15Cl2NO6S. The van der Waals surface area contributed by atoms with Gasteiger partial charge in [-0.3, -0.25) is 4.79 Å². The van der Waals surface area contributed by atoms with Crippen LogP contribution in [0.1, 0.15) is 30.6 Å². The van der Waals surface area contributed by atoms with Crippen molar-refractivity contribution in [2.45, 2.75) is 31.2 Å². The Labute approximate surface area is 143 Å². The first-order chi connectivity index (χ1) is 10.5. The molecule has 0 aliphatic heterocycles. The molecule has 23 heavy (non-hydrogen) atoms. The summed E-state index contributed by atoms with van der Waals surface area (Å²) in [5.41, 5.74) is -0.452. The Balaban J connectivity index is 3.30. The lowest BCUT2D eigenvalue weighted by atomic mass is 10.1. The molecule has 0 fully saturated rings. The molecule has 10 heteroatoms. The molecule has 0 saturated heterocycles. The third-order valence-electron chi connectivity index (χ3n) is 2.84. The molecular weight excluding hydrogens is 369 g/mol. The fourth-order valence-electron chi connectivity index (χ4n) is 1.82. The summed E-state index contributed by atoms with van der Waals surface area (Å²) in [5.74, 6) is -2.85. The molecule has 7 nitrogen and oxygen atoms in total. The SMILES string of the molecule is CC(C)C[C@H](NS(=O)(=O)c1cc(C(=O)O)c(Cl)cc1Cl)C(=O)O. The second-order valence-corrected chi connectivity index (χ2v) is 7.71. The van der Waals surface area contributed by atoms with E-state index in [9.17, 15) is 18.0 Å². The monoisotopic (exact) mass is 383 g/mol. The van der Waals surface area contributed by atoms with Crippen LogP contribution in [0.2, 0.25) is 10.0 Å². The first-order valence-corrected chi connectivity index (χ1v) is 8.67. The predicted molar refractivity (Wildman–Crippen MR) is 84.6 cm³/mol. The van der Waals surface area contributed by atoms with Crippen LogP contribution in [-0.2, 0) is 14.8 Å². The molecule has 0 heterocycles. The summed E-state index contributed by atoms with van der Waals surface area (Å²) in [5, 5.41) is 17.6. The predicted octanol–water partition coefficient (Wildman–Crippen LogP) is 2.47. The van der Waals surface area contributed by atoms with Crippen LogP contribution < -0.4 is 4.72 Å². The van der Waals surface area contributed by atoms with E-state index in [-0.39, 0.29) is 22.4 Å². The third kappa shape index (κ3) is 5.07. The van der Waals surface area contributed by atoms with Crippen molar-refractivity contribution in [3.63, 3.8) is 0 Å². The van der Waals surface area contributed by atoms with Gasteiger partial charge in [0.1, 0.15) is 10.9 Å². The largest absolute Gasteiger partial charge is 0.480 e. The maximum atomic E-state index is 12.3. The van der Waals surface area contributed by atoms with E-state index in [1.54, 1.807) is 13.8 Å². The van der Waals surface area contributed by atoms with Crippen molar-refractivity contribution in [3.05, 3.63) is 27.7 Å². The molecule has 0 spiro atoms. The fourth-order valence-corrected chi connectivity index (χ4v) is 3.88. The lowest BCUT2D eigenvalue weighted by Gasteiger charge is -2.17. The van der Waals surface area contributed by atoms with Crippen molar-refractivity contribution in [3.8, 4) is 0 Å². The zero-order chi connectivity index (χ0) is 17.9. The topological polar surface area (TPSA) is 121 Å². The van der Waals surface area contributed by atoms with Crippen LogP contribution in [0.3, 0.4) is 0 Å². The van der Waals surface area contributed by atoms with Gasteiger partial charge in [0.25, 0.3) is 0 Å². The first-order valence-electron chi connectivity index (χ1n) is 6.43. The number of aliphatic carboxylic acids is 1. The van der Waals surface area contributed by atoms with Gasteiger partial charge in [0.05, 0.1) is 15.6 Å². The highest BCUT2D eigenvalue weighted by Gasteiger charge is 2.29. The number of sulfonamides is 1. The number of halogens is 2. The zero-order valence-corrected chi connectivity index (χ0v) is 14.5. The lowest BCUT2D eigenvalue weighted by Crippen LogP contribution is -2.41. The quantitative estimate of drug-likeness (QED) is 0.664. The summed E-state index contributed by atoms with van der Waals surface area (Å²) in [6, 6.07) is 0.420. The van der Waals surface area contributed by atoms with E-state index in [1.165, 1.54) is 0 Å². The maximum Gasteiger partial charge on any atom is 0.337 e. The second-order valence-electron chi connectivity index (χ2n) is 5.21. The highest BCUT2D eigenvalue weighted by atomic mass is 35.5. The molecule has 0 unspecified atom stereocenters. The molecule has 1 atom stereocenters. The number of benzene rings is 1. The van der Waals surface area contributed by atoms with Crippen LogP contribution in [0.4, 0.5) is 0 Å². The smallest absolute Gasteiger partial charge is 0.337 e. The van der Waals surface area contributed by atoms with Gasteiger partial charge in [0, 0.05) is 0 Å². The van der Waals surface area contributed by atoms with Gasteiger partial charge in [0.2, 0.25) is 10.0 Å². The van der Waals surface area contributed by atoms with E-state index in [0.29, 0.717) is 0 Å². The number of carboxylic acids is 2. The van der Waals surface area contributed by atoms with Gasteiger partial charge in [-0.2, -0.15) is 4.72 Å². The molecule has 0 aliphatic rings. The average molecular weight is 384 g/mol. The Bertz CT molecular complexity index is 732. The minimum atomic E-state index is -4.34. The number of nitrogens with one attached hydrogen (secondary N) is 1. The van der Waals surface area contributed by atoms with E-state index < -0.39 is 38.5 Å². The highest BCUT2D eigenvalue weighted by Crippen LogP contribution is 2.29. The Morgan fingerprint density at radius 3 is 2.17 bits per heavy atom. The molecule has 3 N–H and O–H groups in total. The van der Waals surface area contributed by atoms with Crippen LogP contribution in [0.5, 0.6) is 0 Å². The summed E-state index contributed by atoms with van der Waals surface area (Å²) in [6.45, 7) is 3.48. The van der Waals surface area contributed by atoms with Gasteiger partial charge >= 0.3 is 11.9 Å². The van der Waals surface area contributed by atoms with Gasteiger partial charge < -0.3 is 10.2 Å². The normalized spacial score (nSPS) is 13.1.